The van der Waals surface area contributed by atoms with Crippen molar-refractivity contribution < 1.29 is 9.53 Å². The van der Waals surface area contributed by atoms with E-state index in [4.69, 9.17) is 4.74 Å². The van der Waals surface area contributed by atoms with Crippen molar-refractivity contribution in [1.29, 1.82) is 0 Å². The van der Waals surface area contributed by atoms with Crippen LogP contribution in [0.3, 0.4) is 0 Å². The first-order chi connectivity index (χ1) is 6.16. The van der Waals surface area contributed by atoms with E-state index in [1.54, 1.807) is 0 Å². The highest BCUT2D eigenvalue weighted by Crippen LogP contribution is 1.85. The number of hydrogen-bond acceptors (Lipinski definition) is 3. The van der Waals surface area contributed by atoms with E-state index >= 15 is 0 Å². The number of amides is 1. The van der Waals surface area contributed by atoms with Crippen LogP contribution in [0.15, 0.2) is 5.10 Å². The Kier molecular flexibility index (Phi) is 7.20. The molecule has 0 aliphatic rings. The van der Waals surface area contributed by atoms with E-state index in [0.717, 1.165) is 12.1 Å². The van der Waals surface area contributed by atoms with Crippen molar-refractivity contribution in [2.24, 2.45) is 5.10 Å². The van der Waals surface area contributed by atoms with Crippen LogP contribution in [0.4, 0.5) is 0 Å². The van der Waals surface area contributed by atoms with Gasteiger partial charge in [-0.2, -0.15) is 5.10 Å². The highest BCUT2D eigenvalue weighted by Gasteiger charge is 1.98. The molecule has 0 aromatic rings. The molecule has 0 atom stereocenters. The van der Waals surface area contributed by atoms with Gasteiger partial charge in [0.2, 0.25) is 5.91 Å². The van der Waals surface area contributed by atoms with Gasteiger partial charge in [0.05, 0.1) is 13.0 Å². The molecule has 4 heteroatoms. The molecule has 0 saturated carbocycles. The van der Waals surface area contributed by atoms with E-state index in [1.165, 1.54) is 0 Å². The van der Waals surface area contributed by atoms with E-state index in [1.807, 2.05) is 20.8 Å². The number of ether oxygens (including phenoxy) is 1. The number of nitrogens with one attached hydrogen (secondary N) is 1. The third kappa shape index (κ3) is 9.01. The summed E-state index contributed by atoms with van der Waals surface area (Å²) in [5.74, 6) is -0.0997. The van der Waals surface area contributed by atoms with Gasteiger partial charge >= 0.3 is 0 Å². The number of carbonyl (C=O) groups excluding carboxylic acids is 1. The second-order valence-corrected chi connectivity index (χ2v) is 2.96. The Morgan fingerprint density at radius 2 is 2.08 bits per heavy atom. The number of carbonyl (C=O) groups is 1. The van der Waals surface area contributed by atoms with Gasteiger partial charge in [0.1, 0.15) is 0 Å². The van der Waals surface area contributed by atoms with Gasteiger partial charge < -0.3 is 4.74 Å². The monoisotopic (exact) mass is 186 g/mol. The quantitative estimate of drug-likeness (QED) is 0.386. The molecule has 0 rings (SSSR count). The molecule has 1 N–H and O–H groups in total. The third-order valence-electron chi connectivity index (χ3n) is 1.23. The Hall–Kier alpha value is -0.900. The van der Waals surface area contributed by atoms with E-state index in [-0.39, 0.29) is 5.91 Å². The van der Waals surface area contributed by atoms with Crippen molar-refractivity contribution in [3.05, 3.63) is 0 Å². The normalized spacial score (nSPS) is 9.46. The fourth-order valence-electron chi connectivity index (χ4n) is 0.641. The largest absolute Gasteiger partial charge is 0.381 e. The lowest BCUT2D eigenvalue weighted by molar-refractivity contribution is -0.122. The predicted octanol–water partition coefficient (Wildman–Crippen LogP) is 1.32. The summed E-state index contributed by atoms with van der Waals surface area (Å²) in [4.78, 5) is 11.0. The van der Waals surface area contributed by atoms with Crippen LogP contribution in [-0.2, 0) is 9.53 Å². The third-order valence-corrected chi connectivity index (χ3v) is 1.23. The molecule has 0 fully saturated rings. The highest BCUT2D eigenvalue weighted by atomic mass is 16.5. The fourth-order valence-corrected chi connectivity index (χ4v) is 0.641. The second-order valence-electron chi connectivity index (χ2n) is 2.96. The zero-order valence-corrected chi connectivity index (χ0v) is 8.59. The molecule has 0 saturated heterocycles. The lowest BCUT2D eigenvalue weighted by Gasteiger charge is -2.01. The average molecular weight is 186 g/mol. The smallest absolute Gasteiger partial charge is 0.242 e. The number of rotatable bonds is 6. The fraction of sp³-hybridized carbons (Fsp3) is 0.778. The maximum Gasteiger partial charge on any atom is 0.242 e. The van der Waals surface area contributed by atoms with Gasteiger partial charge in [-0.15, -0.1) is 0 Å². The van der Waals surface area contributed by atoms with Crippen LogP contribution in [0.25, 0.3) is 0 Å². The minimum absolute atomic E-state index is 0.0997. The number of nitrogens with zero attached hydrogens (tertiary/aromatic N) is 1. The zero-order valence-electron chi connectivity index (χ0n) is 8.59. The molecule has 13 heavy (non-hydrogen) atoms. The maximum atomic E-state index is 11.0. The molecule has 1 amide bonds. The summed E-state index contributed by atoms with van der Waals surface area (Å²) in [6.45, 7) is 6.87. The van der Waals surface area contributed by atoms with E-state index in [9.17, 15) is 4.79 Å². The molecule has 4 nitrogen and oxygen atoms in total. The summed E-state index contributed by atoms with van der Waals surface area (Å²) in [6.07, 6.45) is 1.35. The van der Waals surface area contributed by atoms with Gasteiger partial charge in [-0.25, -0.2) is 5.43 Å². The topological polar surface area (TPSA) is 50.7 Å². The average Bonchev–Trinajstić information content (AvgIpc) is 2.09. The Labute approximate surface area is 79.3 Å². The highest BCUT2D eigenvalue weighted by molar-refractivity contribution is 5.82. The Bertz CT molecular complexity index is 174. The SMILES string of the molecule is CCCOCCC(=O)NN=C(C)C. The molecule has 0 radical (unpaired) electrons. The molecule has 0 aliphatic carbocycles. The molecular weight excluding hydrogens is 168 g/mol. The predicted molar refractivity (Wildman–Crippen MR) is 52.7 cm³/mol. The van der Waals surface area contributed by atoms with Gasteiger partial charge in [-0.1, -0.05) is 6.92 Å². The Morgan fingerprint density at radius 1 is 1.38 bits per heavy atom. The van der Waals surface area contributed by atoms with Crippen LogP contribution in [-0.4, -0.2) is 24.8 Å². The van der Waals surface area contributed by atoms with Crippen LogP contribution < -0.4 is 5.43 Å². The van der Waals surface area contributed by atoms with Crippen LogP contribution >= 0.6 is 0 Å². The van der Waals surface area contributed by atoms with Gasteiger partial charge in [0.15, 0.2) is 0 Å². The van der Waals surface area contributed by atoms with Crippen LogP contribution in [0.2, 0.25) is 0 Å². The first-order valence-electron chi connectivity index (χ1n) is 4.54. The van der Waals surface area contributed by atoms with Crippen molar-refractivity contribution in [3.8, 4) is 0 Å². The van der Waals surface area contributed by atoms with E-state index < -0.39 is 0 Å². The first kappa shape index (κ1) is 12.1. The molecule has 0 aromatic heterocycles. The zero-order chi connectivity index (χ0) is 10.1. The Balaban J connectivity index is 3.36. The number of hydrogen-bond donors (Lipinski definition) is 1. The molecule has 0 aromatic carbocycles. The number of hydrazone groups is 1. The minimum Gasteiger partial charge on any atom is -0.381 e. The van der Waals surface area contributed by atoms with Crippen molar-refractivity contribution in [1.82, 2.24) is 5.43 Å². The summed E-state index contributed by atoms with van der Waals surface area (Å²) in [5, 5.41) is 3.78. The van der Waals surface area contributed by atoms with E-state index in [2.05, 4.69) is 10.5 Å². The summed E-state index contributed by atoms with van der Waals surface area (Å²) >= 11 is 0. The minimum atomic E-state index is -0.0997. The summed E-state index contributed by atoms with van der Waals surface area (Å²) < 4.78 is 5.15. The summed E-state index contributed by atoms with van der Waals surface area (Å²) in [7, 11) is 0. The van der Waals surface area contributed by atoms with Crippen molar-refractivity contribution in [3.63, 3.8) is 0 Å². The lowest BCUT2D eigenvalue weighted by Crippen LogP contribution is -2.20. The molecule has 0 heterocycles. The van der Waals surface area contributed by atoms with Crippen molar-refractivity contribution in [2.75, 3.05) is 13.2 Å². The van der Waals surface area contributed by atoms with Gasteiger partial charge in [0, 0.05) is 12.3 Å². The van der Waals surface area contributed by atoms with Gasteiger partial charge in [0.25, 0.3) is 0 Å². The van der Waals surface area contributed by atoms with Crippen molar-refractivity contribution in [2.45, 2.75) is 33.6 Å². The molecule has 0 spiro atoms. The van der Waals surface area contributed by atoms with Crippen molar-refractivity contribution >= 4 is 11.6 Å². The molecule has 0 unspecified atom stereocenters. The lowest BCUT2D eigenvalue weighted by atomic mass is 10.4. The molecule has 76 valence electrons. The van der Waals surface area contributed by atoms with Crippen LogP contribution in [0.1, 0.15) is 33.6 Å². The standard InChI is InChI=1S/C9H18N2O2/c1-4-6-13-7-5-9(12)11-10-8(2)3/h4-7H2,1-3H3,(H,11,12). The summed E-state index contributed by atoms with van der Waals surface area (Å²) in [6, 6.07) is 0. The van der Waals surface area contributed by atoms with E-state index in [0.29, 0.717) is 19.6 Å². The summed E-state index contributed by atoms with van der Waals surface area (Å²) in [5.41, 5.74) is 3.26. The maximum absolute atomic E-state index is 11.0. The molecule has 0 aliphatic heterocycles. The Morgan fingerprint density at radius 3 is 2.62 bits per heavy atom. The van der Waals surface area contributed by atoms with Gasteiger partial charge in [-0.3, -0.25) is 4.79 Å². The van der Waals surface area contributed by atoms with Crippen LogP contribution in [0, 0.1) is 0 Å². The second kappa shape index (κ2) is 7.73. The van der Waals surface area contributed by atoms with Crippen LogP contribution in [0.5, 0.6) is 0 Å². The molecule has 0 bridgehead atoms. The van der Waals surface area contributed by atoms with Gasteiger partial charge in [-0.05, 0) is 20.3 Å². The first-order valence-corrected chi connectivity index (χ1v) is 4.54. The molecular formula is C9H18N2O2.